The Morgan fingerprint density at radius 3 is 2.19 bits per heavy atom. The van der Waals surface area contributed by atoms with Crippen LogP contribution in [-0.2, 0) is 0 Å². The Morgan fingerprint density at radius 1 is 0.938 bits per heavy atom. The van der Waals surface area contributed by atoms with Gasteiger partial charge in [-0.25, -0.2) is 9.97 Å². The van der Waals surface area contributed by atoms with Gasteiger partial charge in [0.2, 0.25) is 0 Å². The summed E-state index contributed by atoms with van der Waals surface area (Å²) in [6, 6.07) is 10.2. The fourth-order valence-electron chi connectivity index (χ4n) is 1.42. The van der Waals surface area contributed by atoms with Gasteiger partial charge in [0.05, 0.1) is 5.69 Å². The van der Waals surface area contributed by atoms with Crippen LogP contribution in [0.25, 0.3) is 11.3 Å². The van der Waals surface area contributed by atoms with E-state index in [0.29, 0.717) is 0 Å². The molecular weight excluding hydrogens is 196 g/mol. The first-order valence-corrected chi connectivity index (χ1v) is 5.63. The van der Waals surface area contributed by atoms with Gasteiger partial charge in [-0.3, -0.25) is 0 Å². The summed E-state index contributed by atoms with van der Waals surface area (Å²) in [7, 11) is 0. The first-order chi connectivity index (χ1) is 7.77. The molecule has 1 aromatic carbocycles. The smallest absolute Gasteiger partial charge is 0.125 e. The highest BCUT2D eigenvalue weighted by atomic mass is 14.9. The van der Waals surface area contributed by atoms with Gasteiger partial charge >= 0.3 is 0 Å². The highest BCUT2D eigenvalue weighted by molar-refractivity contribution is 5.61. The zero-order chi connectivity index (χ0) is 12.0. The molecule has 0 amide bonds. The maximum absolute atomic E-state index is 4.43. The van der Waals surface area contributed by atoms with Crippen molar-refractivity contribution < 1.29 is 0 Å². The first kappa shape index (κ1) is 12.4. The second kappa shape index (κ2) is 6.01. The monoisotopic (exact) mass is 214 g/mol. The Kier molecular flexibility index (Phi) is 4.65. The molecule has 0 aliphatic heterocycles. The lowest BCUT2D eigenvalue weighted by Gasteiger charge is -2.04. The summed E-state index contributed by atoms with van der Waals surface area (Å²) < 4.78 is 0. The fraction of sp³-hybridized carbons (Fsp3) is 0.286. The average Bonchev–Trinajstić information content (AvgIpc) is 2.36. The average molecular weight is 214 g/mol. The van der Waals surface area contributed by atoms with Gasteiger partial charge < -0.3 is 0 Å². The lowest BCUT2D eigenvalue weighted by atomic mass is 10.1. The van der Waals surface area contributed by atoms with Crippen LogP contribution in [0, 0.1) is 13.8 Å². The van der Waals surface area contributed by atoms with E-state index in [4.69, 9.17) is 0 Å². The molecule has 0 unspecified atom stereocenters. The minimum atomic E-state index is 0.814. The Hall–Kier alpha value is -1.70. The third-order valence-electron chi connectivity index (χ3n) is 2.14. The Morgan fingerprint density at radius 2 is 1.56 bits per heavy atom. The number of nitrogens with zero attached hydrogens (tertiary/aromatic N) is 2. The van der Waals surface area contributed by atoms with Gasteiger partial charge in [0.1, 0.15) is 5.82 Å². The largest absolute Gasteiger partial charge is 0.241 e. The molecule has 0 saturated carbocycles. The molecule has 2 nitrogen and oxygen atoms in total. The van der Waals surface area contributed by atoms with Crippen molar-refractivity contribution in [1.82, 2.24) is 9.97 Å². The van der Waals surface area contributed by atoms with E-state index in [1.807, 2.05) is 52.1 Å². The summed E-state index contributed by atoms with van der Waals surface area (Å²) in [4.78, 5) is 8.59. The van der Waals surface area contributed by atoms with Crippen LogP contribution in [-0.4, -0.2) is 9.97 Å². The van der Waals surface area contributed by atoms with E-state index >= 15 is 0 Å². The van der Waals surface area contributed by atoms with Crippen LogP contribution >= 0.6 is 0 Å². The van der Waals surface area contributed by atoms with Crippen LogP contribution in [0.5, 0.6) is 0 Å². The topological polar surface area (TPSA) is 25.8 Å². The van der Waals surface area contributed by atoms with Crippen molar-refractivity contribution in [3.63, 3.8) is 0 Å². The molecule has 0 radical (unpaired) electrons. The Labute approximate surface area is 97.4 Å². The third kappa shape index (κ3) is 2.89. The number of hydrogen-bond acceptors (Lipinski definition) is 2. The lowest BCUT2D eigenvalue weighted by Crippen LogP contribution is -1.93. The molecule has 0 fully saturated rings. The van der Waals surface area contributed by atoms with E-state index in [2.05, 4.69) is 22.1 Å². The lowest BCUT2D eigenvalue weighted by molar-refractivity contribution is 1.04. The zero-order valence-corrected chi connectivity index (χ0v) is 10.4. The number of hydrogen-bond donors (Lipinski definition) is 0. The van der Waals surface area contributed by atoms with Gasteiger partial charge in [-0.05, 0) is 19.4 Å². The molecule has 0 aliphatic carbocycles. The van der Waals surface area contributed by atoms with Crippen LogP contribution in [0.15, 0.2) is 36.5 Å². The molecule has 16 heavy (non-hydrogen) atoms. The van der Waals surface area contributed by atoms with Crippen LogP contribution in [0.3, 0.4) is 0 Å². The van der Waals surface area contributed by atoms with Crippen LogP contribution in [0.2, 0.25) is 0 Å². The Balaban J connectivity index is 0.000000606. The predicted octanol–water partition coefficient (Wildman–Crippen LogP) is 3.79. The standard InChI is InChI=1S/C12H12N2.C2H6/c1-9-8-13-10(2)14-12(9)11-6-4-3-5-7-11;1-2/h3-8H,1-2H3;1-2H3. The maximum Gasteiger partial charge on any atom is 0.125 e. The zero-order valence-electron chi connectivity index (χ0n) is 10.4. The van der Waals surface area contributed by atoms with Gasteiger partial charge in [-0.2, -0.15) is 0 Å². The number of aromatic nitrogens is 2. The van der Waals surface area contributed by atoms with Crippen LogP contribution < -0.4 is 0 Å². The molecule has 84 valence electrons. The normalized spacial score (nSPS) is 9.25. The third-order valence-corrected chi connectivity index (χ3v) is 2.14. The number of benzene rings is 1. The fourth-order valence-corrected chi connectivity index (χ4v) is 1.42. The van der Waals surface area contributed by atoms with Crippen molar-refractivity contribution in [2.24, 2.45) is 0 Å². The highest BCUT2D eigenvalue weighted by Crippen LogP contribution is 2.19. The van der Waals surface area contributed by atoms with Crippen LogP contribution in [0.1, 0.15) is 25.2 Å². The van der Waals surface area contributed by atoms with Crippen LogP contribution in [0.4, 0.5) is 0 Å². The molecule has 0 aliphatic rings. The van der Waals surface area contributed by atoms with Crippen molar-refractivity contribution in [2.45, 2.75) is 27.7 Å². The molecule has 0 N–H and O–H groups in total. The van der Waals surface area contributed by atoms with Crippen molar-refractivity contribution in [3.8, 4) is 11.3 Å². The molecule has 2 rings (SSSR count). The van der Waals surface area contributed by atoms with Crippen molar-refractivity contribution in [1.29, 1.82) is 0 Å². The number of aryl methyl sites for hydroxylation is 2. The van der Waals surface area contributed by atoms with E-state index in [-0.39, 0.29) is 0 Å². The van der Waals surface area contributed by atoms with E-state index in [1.165, 1.54) is 0 Å². The minimum Gasteiger partial charge on any atom is -0.241 e. The molecule has 1 aromatic heterocycles. The summed E-state index contributed by atoms with van der Waals surface area (Å²) in [5.41, 5.74) is 3.29. The van der Waals surface area contributed by atoms with Gasteiger partial charge in [0.25, 0.3) is 0 Å². The maximum atomic E-state index is 4.43. The molecule has 0 spiro atoms. The summed E-state index contributed by atoms with van der Waals surface area (Å²) in [5, 5.41) is 0. The first-order valence-electron chi connectivity index (χ1n) is 5.63. The van der Waals surface area contributed by atoms with E-state index in [1.54, 1.807) is 0 Å². The minimum absolute atomic E-state index is 0.814. The molecule has 0 bridgehead atoms. The van der Waals surface area contributed by atoms with Gasteiger partial charge in [-0.15, -0.1) is 0 Å². The quantitative estimate of drug-likeness (QED) is 0.721. The van der Waals surface area contributed by atoms with Gasteiger partial charge in [0.15, 0.2) is 0 Å². The summed E-state index contributed by atoms with van der Waals surface area (Å²) in [5.74, 6) is 0.814. The van der Waals surface area contributed by atoms with E-state index in [0.717, 1.165) is 22.6 Å². The van der Waals surface area contributed by atoms with Crippen molar-refractivity contribution in [3.05, 3.63) is 47.9 Å². The van der Waals surface area contributed by atoms with E-state index in [9.17, 15) is 0 Å². The van der Waals surface area contributed by atoms with Gasteiger partial charge in [-0.1, -0.05) is 44.2 Å². The van der Waals surface area contributed by atoms with Crippen molar-refractivity contribution >= 4 is 0 Å². The van der Waals surface area contributed by atoms with Crippen molar-refractivity contribution in [2.75, 3.05) is 0 Å². The molecule has 1 heterocycles. The molecule has 0 saturated heterocycles. The second-order valence-corrected chi connectivity index (χ2v) is 3.31. The summed E-state index contributed by atoms with van der Waals surface area (Å²) in [6.45, 7) is 7.94. The molecule has 2 aromatic rings. The van der Waals surface area contributed by atoms with E-state index < -0.39 is 0 Å². The van der Waals surface area contributed by atoms with Gasteiger partial charge in [0, 0.05) is 11.8 Å². The SMILES string of the molecule is CC.Cc1ncc(C)c(-c2ccccc2)n1. The number of rotatable bonds is 1. The molecular formula is C14H18N2. The predicted molar refractivity (Wildman–Crippen MR) is 68.3 cm³/mol. The molecule has 0 atom stereocenters. The summed E-state index contributed by atoms with van der Waals surface area (Å²) in [6.07, 6.45) is 1.87. The Bertz CT molecular complexity index is 436. The highest BCUT2D eigenvalue weighted by Gasteiger charge is 2.02. The molecule has 2 heteroatoms. The second-order valence-electron chi connectivity index (χ2n) is 3.31. The summed E-state index contributed by atoms with van der Waals surface area (Å²) >= 11 is 0.